The SMILES string of the molecule is NC(=O)C(O)C(N)C(CNC(=O)OCc1ccccc1)C1CCCCC1. The molecule has 3 atom stereocenters. The Kier molecular flexibility index (Phi) is 7.87. The van der Waals surface area contributed by atoms with Gasteiger partial charge >= 0.3 is 6.09 Å². The van der Waals surface area contributed by atoms with E-state index in [-0.39, 0.29) is 25.0 Å². The zero-order valence-electron chi connectivity index (χ0n) is 15.0. The van der Waals surface area contributed by atoms with Crippen LogP contribution >= 0.6 is 0 Å². The number of primary amides is 1. The number of aliphatic hydroxyl groups excluding tert-OH is 1. The molecule has 0 bridgehead atoms. The molecular formula is C19H29N3O4. The van der Waals surface area contributed by atoms with Crippen LogP contribution in [0.5, 0.6) is 0 Å². The van der Waals surface area contributed by atoms with Crippen molar-refractivity contribution in [3.63, 3.8) is 0 Å². The van der Waals surface area contributed by atoms with Gasteiger partial charge in [0.05, 0.1) is 0 Å². The number of nitrogens with one attached hydrogen (secondary N) is 1. The van der Waals surface area contributed by atoms with Crippen LogP contribution < -0.4 is 16.8 Å². The van der Waals surface area contributed by atoms with Gasteiger partial charge in [-0.3, -0.25) is 4.79 Å². The first-order valence-electron chi connectivity index (χ1n) is 9.16. The highest BCUT2D eigenvalue weighted by molar-refractivity contribution is 5.79. The molecule has 0 saturated heterocycles. The first-order chi connectivity index (χ1) is 12.5. The lowest BCUT2D eigenvalue weighted by atomic mass is 9.75. The molecule has 6 N–H and O–H groups in total. The Morgan fingerprint density at radius 3 is 2.46 bits per heavy atom. The van der Waals surface area contributed by atoms with Crippen molar-refractivity contribution >= 4 is 12.0 Å². The van der Waals surface area contributed by atoms with Crippen LogP contribution in [0.2, 0.25) is 0 Å². The number of ether oxygens (including phenoxy) is 1. The van der Waals surface area contributed by atoms with Gasteiger partial charge in [0.15, 0.2) is 0 Å². The number of alkyl carbamates (subject to hydrolysis) is 1. The molecule has 2 amide bonds. The molecule has 26 heavy (non-hydrogen) atoms. The largest absolute Gasteiger partial charge is 0.445 e. The van der Waals surface area contributed by atoms with Gasteiger partial charge in [-0.25, -0.2) is 4.79 Å². The van der Waals surface area contributed by atoms with Gasteiger partial charge in [0.25, 0.3) is 0 Å². The minimum Gasteiger partial charge on any atom is -0.445 e. The first kappa shape index (κ1) is 20.2. The number of rotatable bonds is 8. The third-order valence-electron chi connectivity index (χ3n) is 5.10. The van der Waals surface area contributed by atoms with Gasteiger partial charge in [-0.1, -0.05) is 62.4 Å². The summed E-state index contributed by atoms with van der Waals surface area (Å²) in [4.78, 5) is 23.3. The quantitative estimate of drug-likeness (QED) is 0.553. The van der Waals surface area contributed by atoms with Gasteiger partial charge in [-0.05, 0) is 17.4 Å². The summed E-state index contributed by atoms with van der Waals surface area (Å²) in [7, 11) is 0. The molecule has 0 aliphatic heterocycles. The van der Waals surface area contributed by atoms with Crippen LogP contribution in [0.4, 0.5) is 4.79 Å². The number of hydrogen-bond acceptors (Lipinski definition) is 5. The molecule has 1 fully saturated rings. The Balaban J connectivity index is 1.90. The Hall–Kier alpha value is -2.12. The summed E-state index contributed by atoms with van der Waals surface area (Å²) in [6, 6.07) is 8.57. The Morgan fingerprint density at radius 1 is 1.19 bits per heavy atom. The zero-order chi connectivity index (χ0) is 18.9. The smallest absolute Gasteiger partial charge is 0.407 e. The average Bonchev–Trinajstić information content (AvgIpc) is 2.67. The van der Waals surface area contributed by atoms with E-state index in [2.05, 4.69) is 5.32 Å². The lowest BCUT2D eigenvalue weighted by Gasteiger charge is -2.35. The molecule has 144 valence electrons. The van der Waals surface area contributed by atoms with Crippen molar-refractivity contribution in [2.75, 3.05) is 6.54 Å². The van der Waals surface area contributed by atoms with Crippen LogP contribution in [0.1, 0.15) is 37.7 Å². The summed E-state index contributed by atoms with van der Waals surface area (Å²) in [5, 5.41) is 12.7. The third-order valence-corrected chi connectivity index (χ3v) is 5.10. The van der Waals surface area contributed by atoms with Gasteiger partial charge in [-0.15, -0.1) is 0 Å². The van der Waals surface area contributed by atoms with E-state index in [1.165, 1.54) is 6.42 Å². The van der Waals surface area contributed by atoms with Crippen molar-refractivity contribution in [3.05, 3.63) is 35.9 Å². The number of hydrogen-bond donors (Lipinski definition) is 4. The fourth-order valence-electron chi connectivity index (χ4n) is 3.58. The predicted octanol–water partition coefficient (Wildman–Crippen LogP) is 1.28. The third kappa shape index (κ3) is 6.00. The van der Waals surface area contributed by atoms with Gasteiger partial charge in [0, 0.05) is 12.6 Å². The molecule has 1 aromatic rings. The summed E-state index contributed by atoms with van der Waals surface area (Å²) in [6.45, 7) is 0.417. The molecule has 1 saturated carbocycles. The maximum Gasteiger partial charge on any atom is 0.407 e. The monoisotopic (exact) mass is 363 g/mol. The predicted molar refractivity (Wildman–Crippen MR) is 97.9 cm³/mol. The van der Waals surface area contributed by atoms with Gasteiger partial charge < -0.3 is 26.6 Å². The van der Waals surface area contributed by atoms with Gasteiger partial charge in [0.1, 0.15) is 12.7 Å². The highest BCUT2D eigenvalue weighted by atomic mass is 16.5. The van der Waals surface area contributed by atoms with Gasteiger partial charge in [-0.2, -0.15) is 0 Å². The van der Waals surface area contributed by atoms with E-state index < -0.39 is 24.1 Å². The van der Waals surface area contributed by atoms with E-state index in [9.17, 15) is 14.7 Å². The number of nitrogens with two attached hydrogens (primary N) is 2. The zero-order valence-corrected chi connectivity index (χ0v) is 15.0. The van der Waals surface area contributed by atoms with E-state index in [0.29, 0.717) is 0 Å². The summed E-state index contributed by atoms with van der Waals surface area (Å²) in [5.41, 5.74) is 12.2. The molecule has 2 rings (SSSR count). The molecule has 7 heteroatoms. The molecule has 0 aromatic heterocycles. The van der Waals surface area contributed by atoms with E-state index in [0.717, 1.165) is 31.2 Å². The van der Waals surface area contributed by atoms with Crippen molar-refractivity contribution in [1.82, 2.24) is 5.32 Å². The number of carbonyl (C=O) groups excluding carboxylic acids is 2. The van der Waals surface area contributed by atoms with Crippen LogP contribution in [0.3, 0.4) is 0 Å². The number of amides is 2. The highest BCUT2D eigenvalue weighted by Crippen LogP contribution is 2.32. The Bertz CT molecular complexity index is 575. The molecule has 0 spiro atoms. The topological polar surface area (TPSA) is 128 Å². The van der Waals surface area contributed by atoms with Crippen molar-refractivity contribution in [3.8, 4) is 0 Å². The minimum absolute atomic E-state index is 0.177. The Morgan fingerprint density at radius 2 is 1.85 bits per heavy atom. The Labute approximate surface area is 154 Å². The first-order valence-corrected chi connectivity index (χ1v) is 9.16. The fraction of sp³-hybridized carbons (Fsp3) is 0.579. The van der Waals surface area contributed by atoms with Crippen LogP contribution in [0.25, 0.3) is 0 Å². The van der Waals surface area contributed by atoms with Crippen LogP contribution in [-0.4, -0.2) is 35.8 Å². The van der Waals surface area contributed by atoms with Crippen LogP contribution in [0.15, 0.2) is 30.3 Å². The summed E-state index contributed by atoms with van der Waals surface area (Å²) in [6.07, 6.45) is 3.29. The second-order valence-electron chi connectivity index (χ2n) is 6.93. The highest BCUT2D eigenvalue weighted by Gasteiger charge is 2.34. The maximum absolute atomic E-state index is 12.0. The van der Waals surface area contributed by atoms with Crippen LogP contribution in [-0.2, 0) is 16.1 Å². The van der Waals surface area contributed by atoms with E-state index in [4.69, 9.17) is 16.2 Å². The standard InChI is InChI=1S/C19H29N3O4/c20-16(17(23)18(21)24)15(14-9-5-2-6-10-14)11-22-19(25)26-12-13-7-3-1-4-8-13/h1,3-4,7-8,14-17,23H,2,5-6,9-12,20H2,(H2,21,24)(H,22,25). The van der Waals surface area contributed by atoms with Crippen LogP contribution in [0, 0.1) is 11.8 Å². The molecule has 0 heterocycles. The normalized spacial score (nSPS) is 18.5. The number of carbonyl (C=O) groups is 2. The summed E-state index contributed by atoms with van der Waals surface area (Å²) < 4.78 is 5.21. The maximum atomic E-state index is 12.0. The van der Waals surface area contributed by atoms with E-state index in [1.54, 1.807) is 0 Å². The molecule has 1 aliphatic rings. The lowest BCUT2D eigenvalue weighted by Crippen LogP contribution is -2.53. The molecule has 3 unspecified atom stereocenters. The second kappa shape index (κ2) is 10.1. The molecule has 0 radical (unpaired) electrons. The van der Waals surface area contributed by atoms with Crippen molar-refractivity contribution < 1.29 is 19.4 Å². The molecule has 7 nitrogen and oxygen atoms in total. The number of aliphatic hydroxyl groups is 1. The molecule has 1 aliphatic carbocycles. The molecular weight excluding hydrogens is 334 g/mol. The van der Waals surface area contributed by atoms with E-state index >= 15 is 0 Å². The van der Waals surface area contributed by atoms with Crippen molar-refractivity contribution in [2.24, 2.45) is 23.3 Å². The molecule has 1 aromatic carbocycles. The number of benzene rings is 1. The minimum atomic E-state index is -1.43. The van der Waals surface area contributed by atoms with Crippen molar-refractivity contribution in [1.29, 1.82) is 0 Å². The van der Waals surface area contributed by atoms with Gasteiger partial charge in [0.2, 0.25) is 5.91 Å². The summed E-state index contributed by atoms with van der Waals surface area (Å²) >= 11 is 0. The lowest BCUT2D eigenvalue weighted by molar-refractivity contribution is -0.128. The summed E-state index contributed by atoms with van der Waals surface area (Å²) in [5.74, 6) is -0.839. The fourth-order valence-corrected chi connectivity index (χ4v) is 3.58. The van der Waals surface area contributed by atoms with Crippen molar-refractivity contribution in [2.45, 2.75) is 50.9 Å². The average molecular weight is 363 g/mol. The second-order valence-corrected chi connectivity index (χ2v) is 6.93. The van der Waals surface area contributed by atoms with E-state index in [1.807, 2.05) is 30.3 Å².